The van der Waals surface area contributed by atoms with Crippen LogP contribution in [0.2, 0.25) is 0 Å². The summed E-state index contributed by atoms with van der Waals surface area (Å²) in [5, 5.41) is 0. The molecule has 0 bridgehead atoms. The van der Waals surface area contributed by atoms with Crippen molar-refractivity contribution < 1.29 is 4.39 Å². The highest BCUT2D eigenvalue weighted by Crippen LogP contribution is 2.08. The topological polar surface area (TPSA) is 3.24 Å². The lowest BCUT2D eigenvalue weighted by Crippen LogP contribution is -2.13. The number of hydrogen-bond donors (Lipinski definition) is 0. The van der Waals surface area contributed by atoms with Crippen LogP contribution in [-0.4, -0.2) is 31.2 Å². The van der Waals surface area contributed by atoms with Crippen LogP contribution < -0.4 is 0 Å². The Balaban J connectivity index is 0.000000490. The molecule has 0 unspecified atom stereocenters. The van der Waals surface area contributed by atoms with Gasteiger partial charge in [-0.05, 0) is 13.5 Å². The molecule has 1 heterocycles. The molecule has 1 atom stereocenters. The van der Waals surface area contributed by atoms with E-state index in [0.29, 0.717) is 6.54 Å². The smallest absolute Gasteiger partial charge is 0.114 e. The quantitative estimate of drug-likeness (QED) is 0.464. The summed E-state index contributed by atoms with van der Waals surface area (Å²) in [5.41, 5.74) is 0. The fourth-order valence-corrected chi connectivity index (χ4v) is 0.881. The van der Waals surface area contributed by atoms with Crippen LogP contribution in [0.5, 0.6) is 0 Å². The van der Waals surface area contributed by atoms with E-state index in [1.54, 1.807) is 0 Å². The van der Waals surface area contributed by atoms with E-state index >= 15 is 0 Å². The van der Waals surface area contributed by atoms with Crippen molar-refractivity contribution in [3.8, 4) is 0 Å². The van der Waals surface area contributed by atoms with E-state index in [0.717, 1.165) is 13.0 Å². The maximum Gasteiger partial charge on any atom is 0.114 e. The average Bonchev–Trinajstić information content (AvgIpc) is 1.87. The summed E-state index contributed by atoms with van der Waals surface area (Å²) in [6, 6.07) is 0. The highest BCUT2D eigenvalue weighted by molar-refractivity contribution is 4.70. The van der Waals surface area contributed by atoms with Crippen LogP contribution in [0.1, 0.15) is 13.8 Å². The van der Waals surface area contributed by atoms with Crippen LogP contribution in [0.4, 0.5) is 4.39 Å². The van der Waals surface area contributed by atoms with E-state index in [9.17, 15) is 4.39 Å². The largest absolute Gasteiger partial charge is 0.303 e. The second kappa shape index (κ2) is 3.02. The third-order valence-corrected chi connectivity index (χ3v) is 1.33. The third kappa shape index (κ3) is 1.78. The molecule has 0 amide bonds. The molecule has 1 aliphatic heterocycles. The third-order valence-electron chi connectivity index (χ3n) is 1.33. The molecule has 0 aromatic heterocycles. The van der Waals surface area contributed by atoms with Crippen LogP contribution in [0.15, 0.2) is 0 Å². The Morgan fingerprint density at radius 2 is 2.25 bits per heavy atom. The minimum atomic E-state index is -0.551. The lowest BCUT2D eigenvalue weighted by Gasteiger charge is -2.01. The number of hydrogen-bond acceptors (Lipinski definition) is 1. The molecule has 0 radical (unpaired) electrons. The predicted octanol–water partition coefficient (Wildman–Crippen LogP) is 1.30. The normalized spacial score (nSPS) is 30.0. The first-order chi connectivity index (χ1) is 3.29. The number of likely N-dealkylation sites (tertiary alicyclic amines) is 1. The summed E-state index contributed by atoms with van der Waals surface area (Å²) in [6.45, 7) is 1.57. The van der Waals surface area contributed by atoms with Crippen molar-refractivity contribution in [1.82, 2.24) is 4.90 Å². The van der Waals surface area contributed by atoms with Gasteiger partial charge in [-0.3, -0.25) is 0 Å². The number of alkyl halides is 1. The predicted molar refractivity (Wildman–Crippen MR) is 33.7 cm³/mol. The van der Waals surface area contributed by atoms with Crippen LogP contribution in [0, 0.1) is 0 Å². The first-order valence-electron chi connectivity index (χ1n) is 2.61. The van der Waals surface area contributed by atoms with Crippen LogP contribution in [0.3, 0.4) is 0 Å². The molecule has 50 valence electrons. The van der Waals surface area contributed by atoms with Crippen LogP contribution in [0.25, 0.3) is 0 Å². The Hall–Kier alpha value is -0.110. The lowest BCUT2D eigenvalue weighted by molar-refractivity contribution is 0.321. The monoisotopic (exact) mass is 119 g/mol. The molecule has 0 aromatic rings. The summed E-state index contributed by atoms with van der Waals surface area (Å²) in [4.78, 5) is 2.00. The molecule has 8 heavy (non-hydrogen) atoms. The van der Waals surface area contributed by atoms with Gasteiger partial charge < -0.3 is 4.90 Å². The fraction of sp³-hybridized carbons (Fsp3) is 1.00. The highest BCUT2D eigenvalue weighted by Gasteiger charge is 2.17. The van der Waals surface area contributed by atoms with Crippen LogP contribution in [-0.2, 0) is 0 Å². The van der Waals surface area contributed by atoms with E-state index < -0.39 is 6.17 Å². The van der Waals surface area contributed by atoms with Gasteiger partial charge in [0, 0.05) is 13.1 Å². The van der Waals surface area contributed by atoms with Gasteiger partial charge in [-0.2, -0.15) is 0 Å². The SMILES string of the molecule is C.CN1CC[C@@H](F)C1. The summed E-state index contributed by atoms with van der Waals surface area (Å²) >= 11 is 0. The standard InChI is InChI=1S/C5H10FN.CH4/c1-7-3-2-5(6)4-7;/h5H,2-4H2,1H3;1H4/t5-;/m1./s1. The van der Waals surface area contributed by atoms with E-state index in [1.807, 2.05) is 11.9 Å². The second-order valence-electron chi connectivity index (χ2n) is 2.15. The van der Waals surface area contributed by atoms with Gasteiger partial charge in [-0.25, -0.2) is 4.39 Å². The molecular formula is C6H14FN. The number of rotatable bonds is 0. The van der Waals surface area contributed by atoms with E-state index in [2.05, 4.69) is 0 Å². The minimum absolute atomic E-state index is 0. The lowest BCUT2D eigenvalue weighted by atomic mass is 10.4. The molecule has 1 rings (SSSR count). The molecule has 0 spiro atoms. The van der Waals surface area contributed by atoms with Gasteiger partial charge in [0.25, 0.3) is 0 Å². The van der Waals surface area contributed by atoms with Crippen molar-refractivity contribution >= 4 is 0 Å². The highest BCUT2D eigenvalue weighted by atomic mass is 19.1. The van der Waals surface area contributed by atoms with Crippen molar-refractivity contribution in [2.75, 3.05) is 20.1 Å². The Labute approximate surface area is 50.5 Å². The molecule has 0 N–H and O–H groups in total. The Kier molecular flexibility index (Phi) is 2.98. The molecule has 1 saturated heterocycles. The van der Waals surface area contributed by atoms with Gasteiger partial charge in [0.15, 0.2) is 0 Å². The molecule has 0 saturated carbocycles. The molecule has 2 heteroatoms. The van der Waals surface area contributed by atoms with Crippen molar-refractivity contribution in [3.63, 3.8) is 0 Å². The van der Waals surface area contributed by atoms with E-state index in [4.69, 9.17) is 0 Å². The Bertz CT molecular complexity index is 57.5. The van der Waals surface area contributed by atoms with Gasteiger partial charge >= 0.3 is 0 Å². The second-order valence-corrected chi connectivity index (χ2v) is 2.15. The number of nitrogens with zero attached hydrogens (tertiary/aromatic N) is 1. The minimum Gasteiger partial charge on any atom is -0.303 e. The van der Waals surface area contributed by atoms with Crippen molar-refractivity contribution in [2.45, 2.75) is 20.0 Å². The maximum atomic E-state index is 12.1. The van der Waals surface area contributed by atoms with Gasteiger partial charge in [-0.15, -0.1) is 0 Å². The Morgan fingerprint density at radius 1 is 1.62 bits per heavy atom. The first-order valence-corrected chi connectivity index (χ1v) is 2.61. The van der Waals surface area contributed by atoms with Gasteiger partial charge in [0.2, 0.25) is 0 Å². The van der Waals surface area contributed by atoms with E-state index in [1.165, 1.54) is 0 Å². The van der Waals surface area contributed by atoms with Crippen molar-refractivity contribution in [3.05, 3.63) is 0 Å². The summed E-state index contributed by atoms with van der Waals surface area (Å²) in [6.07, 6.45) is 0.182. The fourth-order valence-electron chi connectivity index (χ4n) is 0.881. The molecule has 0 aromatic carbocycles. The van der Waals surface area contributed by atoms with Crippen LogP contribution >= 0.6 is 0 Å². The zero-order valence-electron chi connectivity index (χ0n) is 4.52. The van der Waals surface area contributed by atoms with Gasteiger partial charge in [0.05, 0.1) is 0 Å². The molecular weight excluding hydrogens is 105 g/mol. The average molecular weight is 119 g/mol. The summed E-state index contributed by atoms with van der Waals surface area (Å²) < 4.78 is 12.1. The van der Waals surface area contributed by atoms with Gasteiger partial charge in [-0.1, -0.05) is 7.43 Å². The maximum absolute atomic E-state index is 12.1. The molecule has 0 aliphatic carbocycles. The molecule has 1 aliphatic rings. The van der Waals surface area contributed by atoms with Crippen molar-refractivity contribution in [2.24, 2.45) is 0 Å². The summed E-state index contributed by atoms with van der Waals surface area (Å²) in [7, 11) is 1.94. The van der Waals surface area contributed by atoms with E-state index in [-0.39, 0.29) is 7.43 Å². The zero-order valence-corrected chi connectivity index (χ0v) is 4.52. The van der Waals surface area contributed by atoms with Gasteiger partial charge in [0.1, 0.15) is 6.17 Å². The first kappa shape index (κ1) is 7.89. The molecule has 1 fully saturated rings. The zero-order chi connectivity index (χ0) is 5.28. The molecule has 1 nitrogen and oxygen atoms in total. The summed E-state index contributed by atoms with van der Waals surface area (Å²) in [5.74, 6) is 0. The Morgan fingerprint density at radius 3 is 2.38 bits per heavy atom. The number of halogens is 1. The van der Waals surface area contributed by atoms with Crippen molar-refractivity contribution in [1.29, 1.82) is 0 Å².